The first-order valence-electron chi connectivity index (χ1n) is 7.33. The smallest absolute Gasteiger partial charge is 0.134 e. The maximum Gasteiger partial charge on any atom is 0.134 e. The molecule has 0 fully saturated rings. The van der Waals surface area contributed by atoms with Crippen molar-refractivity contribution in [1.29, 1.82) is 0 Å². The van der Waals surface area contributed by atoms with Crippen LogP contribution in [0.5, 0.6) is 0 Å². The molecule has 1 aromatic carbocycles. The number of furan rings is 1. The molecule has 0 amide bonds. The van der Waals surface area contributed by atoms with Gasteiger partial charge in [-0.05, 0) is 43.4 Å². The molecule has 0 aliphatic carbocycles. The summed E-state index contributed by atoms with van der Waals surface area (Å²) in [6.07, 6.45) is 2.77. The summed E-state index contributed by atoms with van der Waals surface area (Å²) in [5.41, 5.74) is 1.37. The Balaban J connectivity index is 2.03. The third-order valence-corrected chi connectivity index (χ3v) is 4.34. The molecule has 120 valence electrons. The molecule has 2 rings (SSSR count). The van der Waals surface area contributed by atoms with Gasteiger partial charge in [-0.3, -0.25) is 0 Å². The van der Waals surface area contributed by atoms with Crippen LogP contribution >= 0.6 is 11.8 Å². The maximum atomic E-state index is 13.6. The van der Waals surface area contributed by atoms with Crippen LogP contribution in [0.15, 0.2) is 34.7 Å². The molecule has 1 aromatic heterocycles. The van der Waals surface area contributed by atoms with Gasteiger partial charge < -0.3 is 14.8 Å². The molecule has 1 unspecified atom stereocenters. The molecule has 0 bridgehead atoms. The molecule has 5 heteroatoms. The Kier molecular flexibility index (Phi) is 6.49. The topological polar surface area (TPSA) is 45.4 Å². The van der Waals surface area contributed by atoms with Crippen molar-refractivity contribution < 1.29 is 13.9 Å². The predicted octanol–water partition coefficient (Wildman–Crippen LogP) is 3.60. The number of thioether (sulfide) groups is 1. The maximum absolute atomic E-state index is 13.6. The van der Waals surface area contributed by atoms with Crippen LogP contribution in [0, 0.1) is 12.7 Å². The molecule has 1 atom stereocenters. The molecule has 0 radical (unpaired) electrons. The number of hydrogen-bond donors (Lipinski definition) is 2. The second-order valence-corrected chi connectivity index (χ2v) is 6.13. The van der Waals surface area contributed by atoms with E-state index in [0.29, 0.717) is 17.9 Å². The van der Waals surface area contributed by atoms with E-state index in [0.717, 1.165) is 23.5 Å². The number of halogens is 1. The van der Waals surface area contributed by atoms with Crippen molar-refractivity contribution in [2.75, 3.05) is 18.6 Å². The van der Waals surface area contributed by atoms with Gasteiger partial charge in [0.25, 0.3) is 0 Å². The Morgan fingerprint density at radius 1 is 1.32 bits per heavy atom. The molecule has 0 saturated carbocycles. The lowest BCUT2D eigenvalue weighted by Crippen LogP contribution is -2.31. The van der Waals surface area contributed by atoms with E-state index in [9.17, 15) is 4.39 Å². The third kappa shape index (κ3) is 4.35. The monoisotopic (exact) mass is 323 g/mol. The Morgan fingerprint density at radius 2 is 2.14 bits per heavy atom. The van der Waals surface area contributed by atoms with Crippen molar-refractivity contribution in [3.8, 4) is 11.3 Å². The van der Waals surface area contributed by atoms with E-state index < -0.39 is 0 Å². The minimum atomic E-state index is -0.225. The second kappa shape index (κ2) is 8.36. The van der Waals surface area contributed by atoms with Crippen LogP contribution in [0.1, 0.15) is 17.7 Å². The van der Waals surface area contributed by atoms with Gasteiger partial charge in [-0.15, -0.1) is 0 Å². The van der Waals surface area contributed by atoms with E-state index in [-0.39, 0.29) is 18.5 Å². The first-order valence-corrected chi connectivity index (χ1v) is 8.72. The number of rotatable bonds is 8. The van der Waals surface area contributed by atoms with Gasteiger partial charge in [0.1, 0.15) is 17.3 Å². The van der Waals surface area contributed by atoms with Gasteiger partial charge in [-0.2, -0.15) is 11.8 Å². The fourth-order valence-electron chi connectivity index (χ4n) is 2.34. The van der Waals surface area contributed by atoms with Gasteiger partial charge >= 0.3 is 0 Å². The summed E-state index contributed by atoms with van der Waals surface area (Å²) in [5, 5.41) is 12.4. The fraction of sp³-hybridized carbons (Fsp3) is 0.412. The summed E-state index contributed by atoms with van der Waals surface area (Å²) in [6.45, 7) is 2.52. The fourth-order valence-corrected chi connectivity index (χ4v) is 3.03. The van der Waals surface area contributed by atoms with Crippen LogP contribution in [-0.2, 0) is 6.54 Å². The number of aliphatic hydroxyl groups is 1. The highest BCUT2D eigenvalue weighted by Crippen LogP contribution is 2.27. The Labute approximate surface area is 134 Å². The molecule has 0 spiro atoms. The van der Waals surface area contributed by atoms with E-state index in [4.69, 9.17) is 9.52 Å². The van der Waals surface area contributed by atoms with Crippen LogP contribution in [0.3, 0.4) is 0 Å². The highest BCUT2D eigenvalue weighted by molar-refractivity contribution is 7.98. The molecule has 2 aromatic rings. The zero-order valence-electron chi connectivity index (χ0n) is 12.9. The minimum absolute atomic E-state index is 0.171. The quantitative estimate of drug-likeness (QED) is 0.779. The zero-order chi connectivity index (χ0) is 15.9. The molecular weight excluding hydrogens is 301 g/mol. The standard InChI is InChI=1S/C17H22FNO2S/c1-12-15(4-3-5-16(12)18)17-7-6-14(21-17)10-19-13(8-9-20)11-22-2/h3-7,13,19-20H,8-11H2,1-2H3. The number of benzene rings is 1. The summed E-state index contributed by atoms with van der Waals surface area (Å²) < 4.78 is 19.4. The van der Waals surface area contributed by atoms with Gasteiger partial charge in [-0.25, -0.2) is 4.39 Å². The molecule has 3 nitrogen and oxygen atoms in total. The zero-order valence-corrected chi connectivity index (χ0v) is 13.8. The normalized spacial score (nSPS) is 12.5. The molecule has 22 heavy (non-hydrogen) atoms. The summed E-state index contributed by atoms with van der Waals surface area (Å²) in [4.78, 5) is 0. The number of nitrogens with one attached hydrogen (secondary N) is 1. The van der Waals surface area contributed by atoms with E-state index in [1.165, 1.54) is 6.07 Å². The van der Waals surface area contributed by atoms with E-state index in [1.54, 1.807) is 24.8 Å². The molecular formula is C17H22FNO2S. The van der Waals surface area contributed by atoms with Crippen molar-refractivity contribution in [3.05, 3.63) is 47.5 Å². The molecule has 2 N–H and O–H groups in total. The van der Waals surface area contributed by atoms with Gasteiger partial charge in [-0.1, -0.05) is 12.1 Å². The van der Waals surface area contributed by atoms with Crippen molar-refractivity contribution in [3.63, 3.8) is 0 Å². The Morgan fingerprint density at radius 3 is 2.86 bits per heavy atom. The number of hydrogen-bond acceptors (Lipinski definition) is 4. The van der Waals surface area contributed by atoms with Crippen LogP contribution in [0.25, 0.3) is 11.3 Å². The van der Waals surface area contributed by atoms with E-state index >= 15 is 0 Å². The van der Waals surface area contributed by atoms with Crippen molar-refractivity contribution in [2.45, 2.75) is 25.9 Å². The summed E-state index contributed by atoms with van der Waals surface area (Å²) in [7, 11) is 0. The molecule has 1 heterocycles. The first-order chi connectivity index (χ1) is 10.7. The van der Waals surface area contributed by atoms with Crippen LogP contribution in [0.4, 0.5) is 4.39 Å². The van der Waals surface area contributed by atoms with Crippen molar-refractivity contribution in [2.24, 2.45) is 0 Å². The molecule has 0 saturated heterocycles. The highest BCUT2D eigenvalue weighted by Gasteiger charge is 2.12. The van der Waals surface area contributed by atoms with Crippen LogP contribution in [0.2, 0.25) is 0 Å². The second-order valence-electron chi connectivity index (χ2n) is 5.22. The van der Waals surface area contributed by atoms with Gasteiger partial charge in [0, 0.05) is 24.0 Å². The largest absolute Gasteiger partial charge is 0.460 e. The van der Waals surface area contributed by atoms with E-state index in [2.05, 4.69) is 5.32 Å². The summed E-state index contributed by atoms with van der Waals surface area (Å²) in [6, 6.07) is 9.02. The summed E-state index contributed by atoms with van der Waals surface area (Å²) >= 11 is 1.74. The molecule has 0 aliphatic rings. The highest BCUT2D eigenvalue weighted by atomic mass is 32.2. The van der Waals surface area contributed by atoms with Crippen molar-refractivity contribution in [1.82, 2.24) is 5.32 Å². The summed E-state index contributed by atoms with van der Waals surface area (Å²) in [5.74, 6) is 2.20. The Hall–Kier alpha value is -1.30. The lowest BCUT2D eigenvalue weighted by atomic mass is 10.1. The minimum Gasteiger partial charge on any atom is -0.460 e. The van der Waals surface area contributed by atoms with E-state index in [1.807, 2.05) is 24.5 Å². The van der Waals surface area contributed by atoms with Crippen LogP contribution in [-0.4, -0.2) is 29.8 Å². The van der Waals surface area contributed by atoms with Gasteiger partial charge in [0.15, 0.2) is 0 Å². The van der Waals surface area contributed by atoms with Gasteiger partial charge in [0.2, 0.25) is 0 Å². The first kappa shape index (κ1) is 17.1. The molecule has 0 aliphatic heterocycles. The third-order valence-electron chi connectivity index (χ3n) is 3.61. The lowest BCUT2D eigenvalue weighted by molar-refractivity contribution is 0.268. The number of aliphatic hydroxyl groups excluding tert-OH is 1. The predicted molar refractivity (Wildman–Crippen MR) is 89.6 cm³/mol. The van der Waals surface area contributed by atoms with Crippen molar-refractivity contribution >= 4 is 11.8 Å². The van der Waals surface area contributed by atoms with Gasteiger partial charge in [0.05, 0.1) is 6.54 Å². The average molecular weight is 323 g/mol. The Bertz CT molecular complexity index is 594. The SMILES string of the molecule is CSCC(CCO)NCc1ccc(-c2cccc(F)c2C)o1. The van der Waals surface area contributed by atoms with Crippen LogP contribution < -0.4 is 5.32 Å². The average Bonchev–Trinajstić information content (AvgIpc) is 2.97. The lowest BCUT2D eigenvalue weighted by Gasteiger charge is -2.15.